The number of hydrogen-bond acceptors (Lipinski definition) is 2. The molecule has 0 aliphatic heterocycles. The summed E-state index contributed by atoms with van der Waals surface area (Å²) in [7, 11) is 0. The van der Waals surface area contributed by atoms with Gasteiger partial charge in [-0.1, -0.05) is 19.9 Å². The summed E-state index contributed by atoms with van der Waals surface area (Å²) >= 11 is 0. The summed E-state index contributed by atoms with van der Waals surface area (Å²) in [6.07, 6.45) is 14.3. The molecular weight excluding hydrogens is 284 g/mol. The Hall–Kier alpha value is -0.760. The second-order valence-corrected chi connectivity index (χ2v) is 8.63. The predicted octanol–water partition coefficient (Wildman–Crippen LogP) is 5.14. The highest BCUT2D eigenvalue weighted by atomic mass is 16.3. The third kappa shape index (κ3) is 2.03. The Kier molecular flexibility index (Phi) is 3.68. The number of rotatable bonds is 2. The van der Waals surface area contributed by atoms with Gasteiger partial charge >= 0.3 is 0 Å². The highest BCUT2D eigenvalue weighted by Gasteiger charge is 2.62. The predicted molar refractivity (Wildman–Crippen MR) is 93.0 cm³/mol. The zero-order valence-electron chi connectivity index (χ0n) is 14.7. The fourth-order valence-corrected chi connectivity index (χ4v) is 7.16. The van der Waals surface area contributed by atoms with Crippen LogP contribution in [-0.4, -0.2) is 15.8 Å². The van der Waals surface area contributed by atoms with Crippen molar-refractivity contribution in [3.05, 3.63) is 23.5 Å². The standard InChI is InChI=1S/C21H32O2/c1-3-20-11-9-17-16-8-6-15(22)13-14(16)5-7-18(17)19(20)10-12-21(20,23)4-2/h5,13,16-19,22-23H,3-4,6-12H2,1-2H3/t16-,17+,18+,19-,20-,21-/m0/s1. The van der Waals surface area contributed by atoms with Crippen molar-refractivity contribution in [2.45, 2.75) is 77.2 Å². The van der Waals surface area contributed by atoms with E-state index in [0.717, 1.165) is 50.4 Å². The van der Waals surface area contributed by atoms with Gasteiger partial charge in [0.05, 0.1) is 11.4 Å². The molecule has 4 aliphatic rings. The van der Waals surface area contributed by atoms with Crippen LogP contribution >= 0.6 is 0 Å². The van der Waals surface area contributed by atoms with Gasteiger partial charge in [0.25, 0.3) is 0 Å². The minimum atomic E-state index is -0.424. The molecular formula is C21H32O2. The Morgan fingerprint density at radius 3 is 2.65 bits per heavy atom. The van der Waals surface area contributed by atoms with Gasteiger partial charge < -0.3 is 10.2 Å². The van der Waals surface area contributed by atoms with E-state index in [4.69, 9.17) is 0 Å². The van der Waals surface area contributed by atoms with E-state index in [1.54, 1.807) is 0 Å². The molecule has 0 spiro atoms. The van der Waals surface area contributed by atoms with E-state index in [1.807, 2.05) is 6.08 Å². The van der Waals surface area contributed by atoms with Crippen LogP contribution in [-0.2, 0) is 0 Å². The summed E-state index contributed by atoms with van der Waals surface area (Å²) in [5.41, 5.74) is 1.15. The molecule has 0 saturated heterocycles. The zero-order chi connectivity index (χ0) is 16.2. The zero-order valence-corrected chi connectivity index (χ0v) is 14.7. The maximum Gasteiger partial charge on any atom is 0.0925 e. The van der Waals surface area contributed by atoms with E-state index < -0.39 is 5.60 Å². The molecule has 0 aromatic rings. The van der Waals surface area contributed by atoms with Gasteiger partial charge in [-0.2, -0.15) is 0 Å². The number of fused-ring (bicyclic) bond motifs is 5. The summed E-state index contributed by atoms with van der Waals surface area (Å²) in [4.78, 5) is 0. The highest BCUT2D eigenvalue weighted by Crippen LogP contribution is 2.66. The molecule has 2 N–H and O–H groups in total. The smallest absolute Gasteiger partial charge is 0.0925 e. The van der Waals surface area contributed by atoms with Crippen molar-refractivity contribution in [2.75, 3.05) is 0 Å². The molecule has 0 aromatic carbocycles. The first-order valence-corrected chi connectivity index (χ1v) is 9.86. The Morgan fingerprint density at radius 2 is 1.91 bits per heavy atom. The van der Waals surface area contributed by atoms with Gasteiger partial charge in [0.1, 0.15) is 0 Å². The van der Waals surface area contributed by atoms with Crippen molar-refractivity contribution >= 4 is 0 Å². The molecule has 0 bridgehead atoms. The molecule has 6 atom stereocenters. The number of aliphatic hydroxyl groups is 2. The van der Waals surface area contributed by atoms with E-state index in [-0.39, 0.29) is 5.41 Å². The topological polar surface area (TPSA) is 40.5 Å². The minimum Gasteiger partial charge on any atom is -0.512 e. The quantitative estimate of drug-likeness (QED) is 0.740. The summed E-state index contributed by atoms with van der Waals surface area (Å²) in [6, 6.07) is 0. The third-order valence-electron chi connectivity index (χ3n) is 8.33. The van der Waals surface area contributed by atoms with E-state index in [9.17, 15) is 10.2 Å². The first-order chi connectivity index (χ1) is 11.0. The lowest BCUT2D eigenvalue weighted by molar-refractivity contribution is -0.128. The third-order valence-corrected chi connectivity index (χ3v) is 8.33. The van der Waals surface area contributed by atoms with Crippen LogP contribution in [0.25, 0.3) is 0 Å². The Morgan fingerprint density at radius 1 is 1.09 bits per heavy atom. The monoisotopic (exact) mass is 316 g/mol. The first kappa shape index (κ1) is 15.7. The maximum absolute atomic E-state index is 11.3. The van der Waals surface area contributed by atoms with E-state index in [0.29, 0.717) is 17.6 Å². The summed E-state index contributed by atoms with van der Waals surface area (Å²) < 4.78 is 0. The molecule has 0 radical (unpaired) electrons. The Balaban J connectivity index is 1.68. The molecule has 4 aliphatic carbocycles. The Bertz CT molecular complexity index is 548. The molecule has 23 heavy (non-hydrogen) atoms. The van der Waals surface area contributed by atoms with Crippen LogP contribution in [0.3, 0.4) is 0 Å². The van der Waals surface area contributed by atoms with E-state index in [1.165, 1.54) is 24.8 Å². The van der Waals surface area contributed by atoms with Crippen molar-refractivity contribution in [1.29, 1.82) is 0 Å². The largest absolute Gasteiger partial charge is 0.512 e. The van der Waals surface area contributed by atoms with Gasteiger partial charge in [-0.25, -0.2) is 0 Å². The second-order valence-electron chi connectivity index (χ2n) is 8.63. The van der Waals surface area contributed by atoms with E-state index >= 15 is 0 Å². The molecule has 0 heterocycles. The van der Waals surface area contributed by atoms with Crippen LogP contribution in [0.1, 0.15) is 71.6 Å². The van der Waals surface area contributed by atoms with Crippen LogP contribution in [0.4, 0.5) is 0 Å². The van der Waals surface area contributed by atoms with Crippen molar-refractivity contribution in [3.8, 4) is 0 Å². The normalized spacial score (nSPS) is 48.8. The van der Waals surface area contributed by atoms with Crippen molar-refractivity contribution < 1.29 is 10.2 Å². The van der Waals surface area contributed by atoms with Gasteiger partial charge in [0.15, 0.2) is 0 Å². The summed E-state index contributed by atoms with van der Waals surface area (Å²) in [5, 5.41) is 21.2. The highest BCUT2D eigenvalue weighted by molar-refractivity contribution is 5.31. The fourth-order valence-electron chi connectivity index (χ4n) is 7.16. The molecule has 2 saturated carbocycles. The van der Waals surface area contributed by atoms with Crippen molar-refractivity contribution in [1.82, 2.24) is 0 Å². The average Bonchev–Trinajstić information content (AvgIpc) is 2.88. The first-order valence-electron chi connectivity index (χ1n) is 9.86. The molecule has 2 nitrogen and oxygen atoms in total. The molecule has 0 aromatic heterocycles. The van der Waals surface area contributed by atoms with Crippen LogP contribution < -0.4 is 0 Å². The summed E-state index contributed by atoms with van der Waals surface area (Å²) in [5.74, 6) is 3.48. The average molecular weight is 316 g/mol. The number of allylic oxidation sites excluding steroid dienone is 4. The molecule has 128 valence electrons. The number of hydrogen-bond donors (Lipinski definition) is 2. The molecule has 0 unspecified atom stereocenters. The number of aliphatic hydroxyl groups excluding tert-OH is 1. The van der Waals surface area contributed by atoms with Crippen molar-refractivity contribution in [3.63, 3.8) is 0 Å². The summed E-state index contributed by atoms with van der Waals surface area (Å²) in [6.45, 7) is 4.49. The SMILES string of the molecule is CC[C@]1(O)CC[C@H]2[C@@H]3CC=C4C=C(O)CC[C@@H]4[C@H]3CC[C@@]21CC. The van der Waals surface area contributed by atoms with Crippen LogP contribution in [0.15, 0.2) is 23.5 Å². The van der Waals surface area contributed by atoms with Gasteiger partial charge in [-0.05, 0) is 86.7 Å². The minimum absolute atomic E-state index is 0.168. The van der Waals surface area contributed by atoms with Gasteiger partial charge in [0.2, 0.25) is 0 Å². The van der Waals surface area contributed by atoms with Crippen LogP contribution in [0, 0.1) is 29.1 Å². The molecule has 2 fully saturated rings. The van der Waals surface area contributed by atoms with Gasteiger partial charge in [-0.15, -0.1) is 0 Å². The fraction of sp³-hybridized carbons (Fsp3) is 0.810. The second kappa shape index (κ2) is 5.37. The molecule has 4 rings (SSSR count). The molecule has 0 amide bonds. The lowest BCUT2D eigenvalue weighted by atomic mass is 9.50. The van der Waals surface area contributed by atoms with Crippen molar-refractivity contribution in [2.24, 2.45) is 29.1 Å². The lowest BCUT2D eigenvalue weighted by Crippen LogP contribution is -2.53. The van der Waals surface area contributed by atoms with Crippen LogP contribution in [0.2, 0.25) is 0 Å². The maximum atomic E-state index is 11.3. The Labute approximate surface area is 140 Å². The lowest BCUT2D eigenvalue weighted by Gasteiger charge is -2.56. The van der Waals surface area contributed by atoms with Crippen LogP contribution in [0.5, 0.6) is 0 Å². The van der Waals surface area contributed by atoms with Gasteiger partial charge in [-0.3, -0.25) is 0 Å². The van der Waals surface area contributed by atoms with E-state index in [2.05, 4.69) is 19.9 Å². The van der Waals surface area contributed by atoms with Gasteiger partial charge in [0, 0.05) is 11.8 Å². The molecule has 2 heteroatoms.